The van der Waals surface area contributed by atoms with Crippen molar-refractivity contribution in [3.63, 3.8) is 0 Å². The molecule has 0 radical (unpaired) electrons. The Kier molecular flexibility index (Phi) is 5.68. The topological polar surface area (TPSA) is 91.4 Å². The van der Waals surface area contributed by atoms with Gasteiger partial charge in [0.15, 0.2) is 0 Å². The SMILES string of the molecule is CC(F)(F)c1c(C(=O)NC[C@@H]2COCCO2)oc2c1-c1nn(Cc3ccncc3)cc1C1(CCC1)C2. The van der Waals surface area contributed by atoms with Crippen LogP contribution in [0.2, 0.25) is 0 Å². The van der Waals surface area contributed by atoms with Crippen LogP contribution in [0.1, 0.15) is 59.2 Å². The number of ether oxygens (including phenoxy) is 2. The van der Waals surface area contributed by atoms with Gasteiger partial charge in [0.05, 0.1) is 43.6 Å². The van der Waals surface area contributed by atoms with Gasteiger partial charge >= 0.3 is 0 Å². The molecule has 2 aliphatic carbocycles. The number of fused-ring (bicyclic) bond motifs is 4. The number of rotatable bonds is 6. The van der Waals surface area contributed by atoms with Crippen LogP contribution in [0, 0.1) is 0 Å². The largest absolute Gasteiger partial charge is 0.455 e. The first-order chi connectivity index (χ1) is 17.3. The van der Waals surface area contributed by atoms with Gasteiger partial charge in [0.25, 0.3) is 11.8 Å². The molecule has 2 fully saturated rings. The number of carbonyl (C=O) groups is 1. The zero-order valence-electron chi connectivity index (χ0n) is 20.1. The number of aromatic nitrogens is 3. The Morgan fingerprint density at radius 3 is 2.75 bits per heavy atom. The summed E-state index contributed by atoms with van der Waals surface area (Å²) < 4.78 is 48.9. The number of amides is 1. The van der Waals surface area contributed by atoms with Crippen molar-refractivity contribution < 1.29 is 27.5 Å². The summed E-state index contributed by atoms with van der Waals surface area (Å²) in [5, 5.41) is 7.46. The summed E-state index contributed by atoms with van der Waals surface area (Å²) in [6.07, 6.45) is 8.47. The molecule has 0 unspecified atom stereocenters. The molecule has 1 N–H and O–H groups in total. The summed E-state index contributed by atoms with van der Waals surface area (Å²) in [6, 6.07) is 3.80. The van der Waals surface area contributed by atoms with E-state index in [1.165, 1.54) is 0 Å². The van der Waals surface area contributed by atoms with E-state index in [1.807, 2.05) is 18.3 Å². The number of pyridine rings is 1. The Morgan fingerprint density at radius 2 is 2.08 bits per heavy atom. The van der Waals surface area contributed by atoms with E-state index >= 15 is 8.78 Å². The minimum absolute atomic E-state index is 0.147. The third kappa shape index (κ3) is 4.02. The highest BCUT2D eigenvalue weighted by molar-refractivity contribution is 5.96. The molecule has 0 bridgehead atoms. The lowest BCUT2D eigenvalue weighted by atomic mass is 9.59. The molecule has 36 heavy (non-hydrogen) atoms. The van der Waals surface area contributed by atoms with Crippen LogP contribution < -0.4 is 5.32 Å². The van der Waals surface area contributed by atoms with Gasteiger partial charge in [-0.25, -0.2) is 8.78 Å². The Hall–Kier alpha value is -3.11. The van der Waals surface area contributed by atoms with Crippen molar-refractivity contribution >= 4 is 5.91 Å². The second-order valence-electron chi connectivity index (χ2n) is 10.0. The lowest BCUT2D eigenvalue weighted by Gasteiger charge is -2.43. The van der Waals surface area contributed by atoms with Crippen LogP contribution in [0.15, 0.2) is 35.1 Å². The van der Waals surface area contributed by atoms with Gasteiger partial charge in [-0.15, -0.1) is 0 Å². The summed E-state index contributed by atoms with van der Waals surface area (Å²) in [5.74, 6) is -3.93. The van der Waals surface area contributed by atoms with E-state index < -0.39 is 17.4 Å². The molecule has 190 valence electrons. The fourth-order valence-corrected chi connectivity index (χ4v) is 5.58. The molecule has 1 saturated carbocycles. The maximum absolute atomic E-state index is 15.1. The van der Waals surface area contributed by atoms with Gasteiger partial charge in [0.1, 0.15) is 11.5 Å². The van der Waals surface area contributed by atoms with E-state index in [9.17, 15) is 4.79 Å². The number of carbonyl (C=O) groups excluding carboxylic acids is 1. The third-order valence-corrected chi connectivity index (χ3v) is 7.48. The van der Waals surface area contributed by atoms with Crippen molar-refractivity contribution in [3.8, 4) is 11.3 Å². The molecule has 3 aliphatic rings. The van der Waals surface area contributed by atoms with E-state index in [4.69, 9.17) is 19.0 Å². The molecule has 0 aromatic carbocycles. The van der Waals surface area contributed by atoms with Crippen molar-refractivity contribution in [2.24, 2.45) is 0 Å². The number of halogens is 2. The van der Waals surface area contributed by atoms with Gasteiger partial charge < -0.3 is 19.2 Å². The average molecular weight is 499 g/mol. The second kappa shape index (κ2) is 8.77. The fourth-order valence-electron chi connectivity index (χ4n) is 5.58. The van der Waals surface area contributed by atoms with Crippen LogP contribution in [-0.4, -0.2) is 53.1 Å². The summed E-state index contributed by atoms with van der Waals surface area (Å²) in [5.41, 5.74) is 2.12. The monoisotopic (exact) mass is 498 g/mol. The first-order valence-corrected chi connectivity index (χ1v) is 12.3. The van der Waals surface area contributed by atoms with Crippen molar-refractivity contribution in [1.82, 2.24) is 20.1 Å². The highest BCUT2D eigenvalue weighted by Gasteiger charge is 2.50. The molecular weight excluding hydrogens is 470 g/mol. The van der Waals surface area contributed by atoms with E-state index in [-0.39, 0.29) is 29.4 Å². The van der Waals surface area contributed by atoms with E-state index in [1.54, 1.807) is 17.1 Å². The maximum Gasteiger partial charge on any atom is 0.287 e. The number of furan rings is 1. The van der Waals surface area contributed by atoms with Gasteiger partial charge in [0, 0.05) is 49.5 Å². The fraction of sp³-hybridized carbons (Fsp3) is 0.500. The van der Waals surface area contributed by atoms with Crippen LogP contribution in [0.4, 0.5) is 8.78 Å². The average Bonchev–Trinajstić information content (AvgIpc) is 3.43. The standard InChI is InChI=1S/C26H28F2N4O4/c1-25(27,28)21-20-19(36-23(21)24(33)30-12-17-15-34-9-10-35-17)11-26(5-2-6-26)18-14-32(31-22(18)20)13-16-3-7-29-8-4-16/h3-4,7-8,14,17H,2,5-6,9-13,15H2,1H3,(H,30,33)/t17-/m1/s1. The van der Waals surface area contributed by atoms with Gasteiger partial charge in [-0.1, -0.05) is 6.42 Å². The molecule has 8 nitrogen and oxygen atoms in total. The van der Waals surface area contributed by atoms with Crippen molar-refractivity contribution in [1.29, 1.82) is 0 Å². The normalized spacial score (nSPS) is 20.5. The molecule has 4 heterocycles. The lowest BCUT2D eigenvalue weighted by molar-refractivity contribution is -0.0856. The molecule has 3 aromatic rings. The first-order valence-electron chi connectivity index (χ1n) is 12.3. The summed E-state index contributed by atoms with van der Waals surface area (Å²) in [6.45, 7) is 2.71. The zero-order chi connectivity index (χ0) is 24.9. The number of nitrogens with zero attached hydrogens (tertiary/aromatic N) is 3. The molecule has 1 aliphatic heterocycles. The quantitative estimate of drug-likeness (QED) is 0.556. The van der Waals surface area contributed by atoms with Crippen LogP contribution in [0.25, 0.3) is 11.3 Å². The van der Waals surface area contributed by atoms with Crippen LogP contribution in [0.5, 0.6) is 0 Å². The van der Waals surface area contributed by atoms with Gasteiger partial charge in [-0.2, -0.15) is 5.10 Å². The summed E-state index contributed by atoms with van der Waals surface area (Å²) >= 11 is 0. The Labute approximate surface area is 207 Å². The second-order valence-corrected chi connectivity index (χ2v) is 10.0. The molecule has 1 atom stereocenters. The Morgan fingerprint density at radius 1 is 1.28 bits per heavy atom. The molecule has 1 saturated heterocycles. The van der Waals surface area contributed by atoms with Crippen molar-refractivity contribution in [2.45, 2.75) is 56.6 Å². The minimum Gasteiger partial charge on any atom is -0.455 e. The molecule has 6 rings (SSSR count). The van der Waals surface area contributed by atoms with E-state index in [0.29, 0.717) is 44.2 Å². The van der Waals surface area contributed by atoms with Gasteiger partial charge in [0.2, 0.25) is 5.76 Å². The molecule has 3 aromatic heterocycles. The smallest absolute Gasteiger partial charge is 0.287 e. The van der Waals surface area contributed by atoms with Crippen LogP contribution in [0.3, 0.4) is 0 Å². The number of alkyl halides is 2. The Bertz CT molecular complexity index is 1270. The van der Waals surface area contributed by atoms with E-state index in [0.717, 1.165) is 37.3 Å². The predicted molar refractivity (Wildman–Crippen MR) is 125 cm³/mol. The third-order valence-electron chi connectivity index (χ3n) is 7.48. The zero-order valence-corrected chi connectivity index (χ0v) is 20.1. The molecule has 1 amide bonds. The number of hydrogen-bond acceptors (Lipinski definition) is 6. The lowest BCUT2D eigenvalue weighted by Crippen LogP contribution is -2.40. The van der Waals surface area contributed by atoms with E-state index in [2.05, 4.69) is 10.3 Å². The van der Waals surface area contributed by atoms with Gasteiger partial charge in [-0.05, 0) is 30.5 Å². The Balaban J connectivity index is 1.39. The van der Waals surface area contributed by atoms with Crippen LogP contribution >= 0.6 is 0 Å². The van der Waals surface area contributed by atoms with Gasteiger partial charge in [-0.3, -0.25) is 14.5 Å². The highest BCUT2D eigenvalue weighted by atomic mass is 19.3. The number of hydrogen-bond donors (Lipinski definition) is 1. The first kappa shape index (κ1) is 23.3. The van der Waals surface area contributed by atoms with Crippen molar-refractivity contribution in [3.05, 3.63) is 58.9 Å². The predicted octanol–water partition coefficient (Wildman–Crippen LogP) is 3.82. The summed E-state index contributed by atoms with van der Waals surface area (Å²) in [4.78, 5) is 17.2. The highest BCUT2D eigenvalue weighted by Crippen LogP contribution is 2.56. The summed E-state index contributed by atoms with van der Waals surface area (Å²) in [7, 11) is 0. The molecule has 1 spiro atoms. The van der Waals surface area contributed by atoms with Crippen molar-refractivity contribution in [2.75, 3.05) is 26.4 Å². The maximum atomic E-state index is 15.1. The van der Waals surface area contributed by atoms with Crippen LogP contribution in [-0.2, 0) is 33.8 Å². The number of nitrogens with one attached hydrogen (secondary N) is 1. The minimum atomic E-state index is -3.30. The molecule has 10 heteroatoms. The molecular formula is C26H28F2N4O4.